The van der Waals surface area contributed by atoms with Gasteiger partial charge in [-0.1, -0.05) is 0 Å². The molecule has 21 heavy (non-hydrogen) atoms. The van der Waals surface area contributed by atoms with E-state index in [1.807, 2.05) is 0 Å². The summed E-state index contributed by atoms with van der Waals surface area (Å²) in [5.41, 5.74) is -2.04. The molecule has 0 amide bonds. The van der Waals surface area contributed by atoms with Crippen molar-refractivity contribution in [2.24, 2.45) is 11.8 Å². The van der Waals surface area contributed by atoms with Gasteiger partial charge in [0.1, 0.15) is 11.7 Å². The summed E-state index contributed by atoms with van der Waals surface area (Å²) in [6, 6.07) is 0. The summed E-state index contributed by atoms with van der Waals surface area (Å²) in [7, 11) is 0. The highest BCUT2D eigenvalue weighted by atomic mass is 16.7. The fraction of sp³-hybridized carbons (Fsp3) is 0.700. The van der Waals surface area contributed by atoms with Gasteiger partial charge in [-0.2, -0.15) is 0 Å². The Kier molecular flexibility index (Phi) is 8.42. The van der Waals surface area contributed by atoms with Crippen molar-refractivity contribution in [2.45, 2.75) is 31.0 Å². The Hall–Kier alpha value is -1.79. The van der Waals surface area contributed by atoms with Crippen molar-refractivity contribution in [3.8, 4) is 0 Å². The second-order valence-corrected chi connectivity index (χ2v) is 4.15. The number of carboxylic acid groups (broad SMARTS) is 3. The van der Waals surface area contributed by atoms with E-state index in [0.29, 0.717) is 0 Å². The second-order valence-electron chi connectivity index (χ2n) is 4.15. The molecular weight excluding hydrogens is 292 g/mol. The number of ether oxygens (including phenoxy) is 1. The van der Waals surface area contributed by atoms with Gasteiger partial charge in [0.2, 0.25) is 0 Å². The predicted molar refractivity (Wildman–Crippen MR) is 64.6 cm³/mol. The van der Waals surface area contributed by atoms with Crippen LogP contribution in [0.15, 0.2) is 0 Å². The first kappa shape index (κ1) is 19.2. The molecule has 0 aliphatic heterocycles. The van der Waals surface area contributed by atoms with E-state index in [2.05, 4.69) is 9.68 Å². The largest absolute Gasteiger partial charge is 0.481 e. The monoisotopic (exact) mass is 310 g/mol. The molecule has 122 valence electrons. The van der Waals surface area contributed by atoms with Crippen LogP contribution >= 0.6 is 0 Å². The molecule has 0 aromatic carbocycles. The van der Waals surface area contributed by atoms with Gasteiger partial charge in [-0.3, -0.25) is 19.2 Å². The zero-order valence-electron chi connectivity index (χ0n) is 11.1. The Morgan fingerprint density at radius 3 is 1.81 bits per heavy atom. The molecule has 0 saturated carbocycles. The van der Waals surface area contributed by atoms with Crippen LogP contribution in [0.25, 0.3) is 0 Å². The summed E-state index contributed by atoms with van der Waals surface area (Å²) in [5.74, 6) is 5.63. The van der Waals surface area contributed by atoms with Gasteiger partial charge in [0.25, 0.3) is 0 Å². The van der Waals surface area contributed by atoms with Gasteiger partial charge in [-0.15, -0.1) is 0 Å². The minimum Gasteiger partial charge on any atom is -0.481 e. The molecule has 0 radical (unpaired) electrons. The van der Waals surface area contributed by atoms with Crippen LogP contribution < -0.4 is 11.8 Å². The van der Waals surface area contributed by atoms with Gasteiger partial charge in [-0.25, -0.2) is 11.8 Å². The molecule has 1 atom stereocenters. The van der Waals surface area contributed by atoms with Gasteiger partial charge < -0.3 is 24.9 Å². The van der Waals surface area contributed by atoms with Crippen molar-refractivity contribution in [2.75, 3.05) is 13.2 Å². The molecule has 11 nitrogen and oxygen atoms in total. The fourth-order valence-electron chi connectivity index (χ4n) is 1.76. The number of nitrogens with two attached hydrogens (primary N) is 2. The van der Waals surface area contributed by atoms with Crippen LogP contribution in [0.4, 0.5) is 0 Å². The van der Waals surface area contributed by atoms with Crippen LogP contribution in [0.2, 0.25) is 0 Å². The van der Waals surface area contributed by atoms with E-state index in [9.17, 15) is 14.4 Å². The Labute approximate surface area is 119 Å². The van der Waals surface area contributed by atoms with Crippen molar-refractivity contribution in [1.29, 1.82) is 0 Å². The van der Waals surface area contributed by atoms with Crippen LogP contribution in [-0.2, 0) is 28.8 Å². The molecule has 0 spiro atoms. The average Bonchev–Trinajstić information content (AvgIpc) is 2.35. The van der Waals surface area contributed by atoms with Crippen molar-refractivity contribution in [3.63, 3.8) is 0 Å². The first-order valence-corrected chi connectivity index (χ1v) is 5.74. The summed E-state index contributed by atoms with van der Waals surface area (Å²) in [5, 5.41) is 26.6. The molecule has 0 aliphatic rings. The lowest BCUT2D eigenvalue weighted by atomic mass is 9.87. The van der Waals surface area contributed by atoms with Crippen LogP contribution in [0, 0.1) is 0 Å². The van der Waals surface area contributed by atoms with Gasteiger partial charge in [0.15, 0.2) is 0 Å². The number of carboxylic acids is 3. The Morgan fingerprint density at radius 1 is 0.952 bits per heavy atom. The molecule has 0 heterocycles. The molecule has 0 saturated heterocycles. The number of aliphatic carboxylic acids is 3. The molecule has 0 fully saturated rings. The topological polar surface area (TPSA) is 192 Å². The van der Waals surface area contributed by atoms with Crippen LogP contribution in [0.3, 0.4) is 0 Å². The molecule has 0 bridgehead atoms. The number of hydrogen-bond acceptors (Lipinski definition) is 8. The van der Waals surface area contributed by atoms with Gasteiger partial charge in [0.05, 0.1) is 32.5 Å². The molecule has 7 N–H and O–H groups in total. The Bertz CT molecular complexity index is 358. The predicted octanol–water partition coefficient (Wildman–Crippen LogP) is -1.68. The second kappa shape index (κ2) is 9.20. The quantitative estimate of drug-likeness (QED) is 0.204. The molecule has 0 rings (SSSR count). The van der Waals surface area contributed by atoms with E-state index in [4.69, 9.17) is 31.9 Å². The highest BCUT2D eigenvalue weighted by Crippen LogP contribution is 2.28. The minimum absolute atomic E-state index is 0.114. The van der Waals surface area contributed by atoms with Gasteiger partial charge in [-0.05, 0) is 0 Å². The Balaban J connectivity index is 5.33. The lowest BCUT2D eigenvalue weighted by Gasteiger charge is -2.35. The van der Waals surface area contributed by atoms with Gasteiger partial charge >= 0.3 is 17.9 Å². The molecule has 11 heteroatoms. The van der Waals surface area contributed by atoms with Gasteiger partial charge in [0, 0.05) is 0 Å². The molecule has 0 aromatic heterocycles. The van der Waals surface area contributed by atoms with Crippen molar-refractivity contribution < 1.29 is 44.1 Å². The van der Waals surface area contributed by atoms with E-state index in [1.54, 1.807) is 0 Å². The van der Waals surface area contributed by atoms with E-state index >= 15 is 0 Å². The third kappa shape index (κ3) is 6.97. The third-order valence-electron chi connectivity index (χ3n) is 2.60. The third-order valence-corrected chi connectivity index (χ3v) is 2.60. The summed E-state index contributed by atoms with van der Waals surface area (Å²) < 4.78 is 5.13. The molecule has 1 unspecified atom stereocenters. The Morgan fingerprint density at radius 2 is 1.48 bits per heavy atom. The summed E-state index contributed by atoms with van der Waals surface area (Å²) >= 11 is 0. The van der Waals surface area contributed by atoms with E-state index < -0.39 is 48.9 Å². The summed E-state index contributed by atoms with van der Waals surface area (Å²) in [6.45, 7) is -0.310. The van der Waals surface area contributed by atoms with E-state index in [1.165, 1.54) is 0 Å². The molecule has 0 aliphatic carbocycles. The van der Waals surface area contributed by atoms with Crippen LogP contribution in [0.5, 0.6) is 0 Å². The van der Waals surface area contributed by atoms with E-state index in [0.717, 1.165) is 0 Å². The van der Waals surface area contributed by atoms with Crippen molar-refractivity contribution >= 4 is 17.9 Å². The first-order valence-electron chi connectivity index (χ1n) is 5.74. The summed E-state index contributed by atoms with van der Waals surface area (Å²) in [4.78, 5) is 41.4. The van der Waals surface area contributed by atoms with Crippen LogP contribution in [-0.4, -0.2) is 58.1 Å². The zero-order valence-corrected chi connectivity index (χ0v) is 11.1. The van der Waals surface area contributed by atoms with Crippen LogP contribution in [0.1, 0.15) is 19.3 Å². The number of carbonyl (C=O) groups is 3. The molecule has 0 aromatic rings. The maximum absolute atomic E-state index is 10.9. The van der Waals surface area contributed by atoms with E-state index in [-0.39, 0.29) is 13.2 Å². The maximum atomic E-state index is 10.9. The lowest BCUT2D eigenvalue weighted by Crippen LogP contribution is -2.52. The number of rotatable bonds is 12. The maximum Gasteiger partial charge on any atom is 0.306 e. The number of hydrogen-bond donors (Lipinski definition) is 5. The zero-order chi connectivity index (χ0) is 16.5. The highest BCUT2D eigenvalue weighted by Gasteiger charge is 2.46. The highest BCUT2D eigenvalue weighted by molar-refractivity contribution is 5.74. The standard InChI is InChI=1S/C10H18N2O9/c11-20-2-1-19-6(3-7(13)14)10(21-12,4-8(15)16)5-9(17)18/h6H,1-5,11-12H2,(H,13,14)(H,15,16)(H,17,18). The fourth-order valence-corrected chi connectivity index (χ4v) is 1.76. The lowest BCUT2D eigenvalue weighted by molar-refractivity contribution is -0.188. The van der Waals surface area contributed by atoms with Crippen molar-refractivity contribution in [1.82, 2.24) is 0 Å². The van der Waals surface area contributed by atoms with Crippen molar-refractivity contribution in [3.05, 3.63) is 0 Å². The summed E-state index contributed by atoms with van der Waals surface area (Å²) in [6.07, 6.45) is -3.82. The smallest absolute Gasteiger partial charge is 0.306 e. The molecular formula is C10H18N2O9. The minimum atomic E-state index is -2.04. The average molecular weight is 310 g/mol. The normalized spacial score (nSPS) is 12.9. The SMILES string of the molecule is NOCCOC(CC(=O)O)C(CC(=O)O)(CC(=O)O)ON. The first-order chi connectivity index (χ1) is 9.77.